The van der Waals surface area contributed by atoms with E-state index in [1.54, 1.807) is 0 Å². The molecule has 2 aromatic rings. The van der Waals surface area contributed by atoms with Gasteiger partial charge in [-0.25, -0.2) is 4.98 Å². The Morgan fingerprint density at radius 1 is 1.29 bits per heavy atom. The van der Waals surface area contributed by atoms with Crippen LogP contribution in [0.15, 0.2) is 18.2 Å². The molecule has 2 N–H and O–H groups in total. The zero-order valence-corrected chi connectivity index (χ0v) is 13.2. The third kappa shape index (κ3) is 4.01. The van der Waals surface area contributed by atoms with E-state index < -0.39 is 0 Å². The molecule has 0 aliphatic heterocycles. The second kappa shape index (κ2) is 6.67. The summed E-state index contributed by atoms with van der Waals surface area (Å²) in [6.07, 6.45) is 1.32. The lowest BCUT2D eigenvalue weighted by molar-refractivity contribution is -0.119. The molecule has 0 aliphatic carbocycles. The highest BCUT2D eigenvalue weighted by Crippen LogP contribution is 2.28. The predicted octanol–water partition coefficient (Wildman–Crippen LogP) is 3.63. The number of aromatic nitrogens is 1. The van der Waals surface area contributed by atoms with Crippen LogP contribution in [0.25, 0.3) is 10.2 Å². The lowest BCUT2D eigenvalue weighted by atomic mass is 10.2. The number of anilines is 2. The zero-order valence-electron chi connectivity index (χ0n) is 12.4. The molecule has 1 aromatic carbocycles. The average Bonchev–Trinajstić information content (AvgIpc) is 2.80. The number of hydrogen-bond acceptors (Lipinski definition) is 4. The summed E-state index contributed by atoms with van der Waals surface area (Å²) >= 11 is 1.43. The second-order valence-corrected chi connectivity index (χ2v) is 6.17. The van der Waals surface area contributed by atoms with Crippen LogP contribution in [0.5, 0.6) is 0 Å². The Kier molecular flexibility index (Phi) is 4.90. The van der Waals surface area contributed by atoms with Crippen molar-refractivity contribution in [2.45, 2.75) is 33.6 Å². The van der Waals surface area contributed by atoms with Gasteiger partial charge in [-0.2, -0.15) is 0 Å². The molecule has 2 rings (SSSR count). The molecule has 1 aromatic heterocycles. The number of thiazole rings is 1. The van der Waals surface area contributed by atoms with Gasteiger partial charge in [-0.15, -0.1) is 0 Å². The SMILES string of the molecule is CCCC(=O)Nc1ccc2sc(NC(=O)C(C)C)nc2c1. The number of fused-ring (bicyclic) bond motifs is 1. The fourth-order valence-electron chi connectivity index (χ4n) is 1.76. The molecule has 21 heavy (non-hydrogen) atoms. The summed E-state index contributed by atoms with van der Waals surface area (Å²) in [5.74, 6) is -0.133. The second-order valence-electron chi connectivity index (χ2n) is 5.14. The molecule has 0 radical (unpaired) electrons. The molecule has 0 atom stereocenters. The largest absolute Gasteiger partial charge is 0.326 e. The van der Waals surface area contributed by atoms with Crippen LogP contribution in [0.2, 0.25) is 0 Å². The summed E-state index contributed by atoms with van der Waals surface area (Å²) in [4.78, 5) is 27.6. The number of nitrogens with one attached hydrogen (secondary N) is 2. The van der Waals surface area contributed by atoms with E-state index in [1.807, 2.05) is 39.0 Å². The Balaban J connectivity index is 2.16. The summed E-state index contributed by atoms with van der Waals surface area (Å²) < 4.78 is 0.975. The Bertz CT molecular complexity index is 664. The van der Waals surface area contributed by atoms with Gasteiger partial charge < -0.3 is 10.6 Å². The van der Waals surface area contributed by atoms with Crippen molar-refractivity contribution in [3.8, 4) is 0 Å². The number of carbonyl (C=O) groups excluding carboxylic acids is 2. The number of carbonyl (C=O) groups is 2. The molecular weight excluding hydrogens is 286 g/mol. The summed E-state index contributed by atoms with van der Waals surface area (Å²) in [6.45, 7) is 5.64. The van der Waals surface area contributed by atoms with Crippen molar-refractivity contribution in [3.63, 3.8) is 0 Å². The predicted molar refractivity (Wildman–Crippen MR) is 86.6 cm³/mol. The van der Waals surface area contributed by atoms with Crippen LogP contribution in [-0.4, -0.2) is 16.8 Å². The van der Waals surface area contributed by atoms with Gasteiger partial charge in [0, 0.05) is 18.0 Å². The van der Waals surface area contributed by atoms with Crippen molar-refractivity contribution >= 4 is 44.2 Å². The van der Waals surface area contributed by atoms with Gasteiger partial charge in [-0.1, -0.05) is 32.1 Å². The molecule has 0 fully saturated rings. The van der Waals surface area contributed by atoms with Gasteiger partial charge in [0.15, 0.2) is 5.13 Å². The average molecular weight is 305 g/mol. The molecular formula is C15H19N3O2S. The van der Waals surface area contributed by atoms with Crippen LogP contribution in [-0.2, 0) is 9.59 Å². The van der Waals surface area contributed by atoms with E-state index in [1.165, 1.54) is 11.3 Å². The summed E-state index contributed by atoms with van der Waals surface area (Å²) in [5, 5.41) is 6.22. The van der Waals surface area contributed by atoms with E-state index >= 15 is 0 Å². The summed E-state index contributed by atoms with van der Waals surface area (Å²) in [5.41, 5.74) is 1.50. The third-order valence-electron chi connectivity index (χ3n) is 2.90. The minimum Gasteiger partial charge on any atom is -0.326 e. The molecule has 112 valence electrons. The maximum atomic E-state index is 11.7. The number of nitrogens with zero attached hydrogens (tertiary/aromatic N) is 1. The van der Waals surface area contributed by atoms with E-state index in [0.29, 0.717) is 11.6 Å². The molecule has 6 heteroatoms. The molecule has 0 saturated carbocycles. The minimum atomic E-state index is -0.0825. The maximum absolute atomic E-state index is 11.7. The van der Waals surface area contributed by atoms with Gasteiger partial charge in [0.05, 0.1) is 10.2 Å². The van der Waals surface area contributed by atoms with Gasteiger partial charge in [-0.05, 0) is 24.6 Å². The van der Waals surface area contributed by atoms with E-state index in [2.05, 4.69) is 15.6 Å². The monoisotopic (exact) mass is 305 g/mol. The van der Waals surface area contributed by atoms with E-state index in [-0.39, 0.29) is 17.7 Å². The number of amides is 2. The Morgan fingerprint density at radius 2 is 2.05 bits per heavy atom. The topological polar surface area (TPSA) is 71.1 Å². The summed E-state index contributed by atoms with van der Waals surface area (Å²) in [6, 6.07) is 5.58. The van der Waals surface area contributed by atoms with Gasteiger partial charge >= 0.3 is 0 Å². The fraction of sp³-hybridized carbons (Fsp3) is 0.400. The van der Waals surface area contributed by atoms with Crippen LogP contribution in [0, 0.1) is 5.92 Å². The lowest BCUT2D eigenvalue weighted by Crippen LogP contribution is -2.17. The Labute approximate surface area is 127 Å². The molecule has 0 bridgehead atoms. The van der Waals surface area contributed by atoms with Crippen LogP contribution < -0.4 is 10.6 Å². The van der Waals surface area contributed by atoms with Gasteiger partial charge in [-0.3, -0.25) is 9.59 Å². The van der Waals surface area contributed by atoms with Crippen LogP contribution >= 0.6 is 11.3 Å². The first kappa shape index (κ1) is 15.4. The summed E-state index contributed by atoms with van der Waals surface area (Å²) in [7, 11) is 0. The van der Waals surface area contributed by atoms with Gasteiger partial charge in [0.1, 0.15) is 0 Å². The van der Waals surface area contributed by atoms with Gasteiger partial charge in [0.2, 0.25) is 11.8 Å². The molecule has 0 spiro atoms. The zero-order chi connectivity index (χ0) is 15.4. The highest BCUT2D eigenvalue weighted by atomic mass is 32.1. The van der Waals surface area contributed by atoms with Crippen LogP contribution in [0.4, 0.5) is 10.8 Å². The van der Waals surface area contributed by atoms with Crippen LogP contribution in [0.1, 0.15) is 33.6 Å². The molecule has 0 saturated heterocycles. The third-order valence-corrected chi connectivity index (χ3v) is 3.85. The maximum Gasteiger partial charge on any atom is 0.228 e. The first-order chi connectivity index (χ1) is 9.99. The first-order valence-electron chi connectivity index (χ1n) is 7.01. The lowest BCUT2D eigenvalue weighted by Gasteiger charge is -2.03. The van der Waals surface area contributed by atoms with E-state index in [9.17, 15) is 9.59 Å². The number of rotatable bonds is 5. The molecule has 5 nitrogen and oxygen atoms in total. The van der Waals surface area contributed by atoms with E-state index in [0.717, 1.165) is 22.3 Å². The van der Waals surface area contributed by atoms with Crippen molar-refractivity contribution in [1.82, 2.24) is 4.98 Å². The van der Waals surface area contributed by atoms with Gasteiger partial charge in [0.25, 0.3) is 0 Å². The standard InChI is InChI=1S/C15H19N3O2S/c1-4-5-13(19)16-10-6-7-12-11(8-10)17-15(21-12)18-14(20)9(2)3/h6-9H,4-5H2,1-3H3,(H,16,19)(H,17,18,20). The molecule has 2 amide bonds. The van der Waals surface area contributed by atoms with Crippen molar-refractivity contribution in [1.29, 1.82) is 0 Å². The highest BCUT2D eigenvalue weighted by molar-refractivity contribution is 7.22. The fourth-order valence-corrected chi connectivity index (χ4v) is 2.61. The number of hydrogen-bond donors (Lipinski definition) is 2. The van der Waals surface area contributed by atoms with Crippen molar-refractivity contribution in [2.24, 2.45) is 5.92 Å². The quantitative estimate of drug-likeness (QED) is 0.886. The first-order valence-corrected chi connectivity index (χ1v) is 7.82. The molecule has 1 heterocycles. The van der Waals surface area contributed by atoms with Crippen molar-refractivity contribution in [2.75, 3.05) is 10.6 Å². The van der Waals surface area contributed by atoms with Crippen molar-refractivity contribution in [3.05, 3.63) is 18.2 Å². The molecule has 0 aliphatic rings. The Morgan fingerprint density at radius 3 is 2.71 bits per heavy atom. The molecule has 0 unspecified atom stereocenters. The minimum absolute atomic E-state index is 0.000383. The normalized spacial score (nSPS) is 10.9. The Hall–Kier alpha value is -1.95. The van der Waals surface area contributed by atoms with E-state index in [4.69, 9.17) is 0 Å². The van der Waals surface area contributed by atoms with Crippen molar-refractivity contribution < 1.29 is 9.59 Å². The number of benzene rings is 1. The highest BCUT2D eigenvalue weighted by Gasteiger charge is 2.11. The smallest absolute Gasteiger partial charge is 0.228 e. The van der Waals surface area contributed by atoms with Crippen LogP contribution in [0.3, 0.4) is 0 Å².